The van der Waals surface area contributed by atoms with Gasteiger partial charge in [-0.3, -0.25) is 4.79 Å². The van der Waals surface area contributed by atoms with Crippen molar-refractivity contribution >= 4 is 5.91 Å². The summed E-state index contributed by atoms with van der Waals surface area (Å²) in [5, 5.41) is 0. The molecule has 0 saturated carbocycles. The molecule has 0 aliphatic heterocycles. The predicted molar refractivity (Wildman–Crippen MR) is 62.8 cm³/mol. The van der Waals surface area contributed by atoms with Gasteiger partial charge >= 0.3 is 0 Å². The lowest BCUT2D eigenvalue weighted by Crippen LogP contribution is -2.37. The van der Waals surface area contributed by atoms with Gasteiger partial charge in [0.1, 0.15) is 0 Å². The van der Waals surface area contributed by atoms with Crippen molar-refractivity contribution < 1.29 is 18.0 Å². The molecule has 0 atom stereocenters. The van der Waals surface area contributed by atoms with Crippen LogP contribution in [0.2, 0.25) is 0 Å². The van der Waals surface area contributed by atoms with Crippen molar-refractivity contribution in [2.45, 2.75) is 33.2 Å². The highest BCUT2D eigenvalue weighted by Gasteiger charge is 2.21. The molecule has 1 aromatic carbocycles. The van der Waals surface area contributed by atoms with Gasteiger partial charge in [-0.2, -0.15) is 0 Å². The van der Waals surface area contributed by atoms with E-state index in [2.05, 4.69) is 0 Å². The van der Waals surface area contributed by atoms with E-state index in [1.54, 1.807) is 0 Å². The van der Waals surface area contributed by atoms with E-state index >= 15 is 0 Å². The summed E-state index contributed by atoms with van der Waals surface area (Å²) >= 11 is 0. The van der Waals surface area contributed by atoms with Crippen LogP contribution in [0.5, 0.6) is 0 Å². The Morgan fingerprint density at radius 2 is 1.72 bits per heavy atom. The number of carbonyl (C=O) groups is 1. The number of rotatable bonds is 4. The Kier molecular flexibility index (Phi) is 4.76. The molecule has 0 aliphatic carbocycles. The molecule has 0 bridgehead atoms. The zero-order chi connectivity index (χ0) is 13.9. The van der Waals surface area contributed by atoms with Gasteiger partial charge in [-0.15, -0.1) is 0 Å². The summed E-state index contributed by atoms with van der Waals surface area (Å²) in [6.45, 7) is 6.00. The second-order valence-electron chi connectivity index (χ2n) is 4.35. The molecule has 18 heavy (non-hydrogen) atoms. The fourth-order valence-electron chi connectivity index (χ4n) is 1.68. The minimum Gasteiger partial charge on any atom is -0.336 e. The topological polar surface area (TPSA) is 20.3 Å². The average molecular weight is 259 g/mol. The number of hydrogen-bond donors (Lipinski definition) is 0. The number of hydrogen-bond acceptors (Lipinski definition) is 1. The van der Waals surface area contributed by atoms with Gasteiger partial charge in [0.05, 0.1) is 0 Å². The molecular weight excluding hydrogens is 243 g/mol. The van der Waals surface area contributed by atoms with E-state index in [4.69, 9.17) is 0 Å². The Balaban J connectivity index is 3.09. The molecule has 0 aromatic heterocycles. The lowest BCUT2D eigenvalue weighted by molar-refractivity contribution is 0.0704. The molecule has 0 heterocycles. The van der Waals surface area contributed by atoms with Gasteiger partial charge in [0.15, 0.2) is 17.5 Å². The summed E-state index contributed by atoms with van der Waals surface area (Å²) in [5.74, 6) is -4.75. The van der Waals surface area contributed by atoms with Crippen LogP contribution in [0.1, 0.15) is 37.6 Å². The first-order chi connectivity index (χ1) is 8.38. The molecule has 1 rings (SSSR count). The highest BCUT2D eigenvalue weighted by Crippen LogP contribution is 2.16. The second-order valence-corrected chi connectivity index (χ2v) is 4.35. The van der Waals surface area contributed by atoms with Crippen molar-refractivity contribution in [1.82, 2.24) is 4.90 Å². The van der Waals surface area contributed by atoms with Gasteiger partial charge in [0.25, 0.3) is 5.91 Å². The molecule has 0 fully saturated rings. The number of amides is 1. The van der Waals surface area contributed by atoms with Crippen LogP contribution in [0, 0.1) is 17.5 Å². The fraction of sp³-hybridized carbons (Fsp3) is 0.462. The van der Waals surface area contributed by atoms with E-state index in [9.17, 15) is 18.0 Å². The summed E-state index contributed by atoms with van der Waals surface area (Å²) in [6, 6.07) is 1.37. The fourth-order valence-corrected chi connectivity index (χ4v) is 1.68. The van der Waals surface area contributed by atoms with Gasteiger partial charge in [-0.25, -0.2) is 13.2 Å². The highest BCUT2D eigenvalue weighted by atomic mass is 19.2. The number of halogens is 3. The molecular formula is C13H16F3NO. The van der Waals surface area contributed by atoms with Gasteiger partial charge in [0.2, 0.25) is 0 Å². The van der Waals surface area contributed by atoms with Gasteiger partial charge in [0, 0.05) is 18.2 Å². The Morgan fingerprint density at radius 3 is 2.11 bits per heavy atom. The Bertz CT molecular complexity index is 423. The van der Waals surface area contributed by atoms with Gasteiger partial charge < -0.3 is 4.90 Å². The van der Waals surface area contributed by atoms with Crippen LogP contribution in [0.3, 0.4) is 0 Å². The molecule has 100 valence electrons. The normalized spacial score (nSPS) is 10.8. The molecule has 0 N–H and O–H groups in total. The maximum atomic E-state index is 13.1. The van der Waals surface area contributed by atoms with E-state index < -0.39 is 23.4 Å². The molecule has 0 radical (unpaired) electrons. The van der Waals surface area contributed by atoms with E-state index in [-0.39, 0.29) is 11.6 Å². The maximum Gasteiger partial charge on any atom is 0.254 e. The quantitative estimate of drug-likeness (QED) is 0.759. The molecule has 1 amide bonds. The van der Waals surface area contributed by atoms with E-state index in [1.807, 2.05) is 20.8 Å². The van der Waals surface area contributed by atoms with Crippen LogP contribution < -0.4 is 0 Å². The summed E-state index contributed by atoms with van der Waals surface area (Å²) in [6.07, 6.45) is 0.732. The minimum atomic E-state index is -1.56. The van der Waals surface area contributed by atoms with Gasteiger partial charge in [-0.1, -0.05) is 6.92 Å². The van der Waals surface area contributed by atoms with Crippen LogP contribution in [-0.4, -0.2) is 23.4 Å². The maximum absolute atomic E-state index is 13.1. The van der Waals surface area contributed by atoms with Crippen LogP contribution in [-0.2, 0) is 0 Å². The lowest BCUT2D eigenvalue weighted by atomic mass is 10.1. The molecule has 5 heteroatoms. The third-order valence-corrected chi connectivity index (χ3v) is 2.58. The molecule has 0 unspecified atom stereocenters. The van der Waals surface area contributed by atoms with E-state index in [1.165, 1.54) is 4.90 Å². The van der Waals surface area contributed by atoms with Crippen LogP contribution in [0.15, 0.2) is 12.1 Å². The van der Waals surface area contributed by atoms with Gasteiger partial charge in [-0.05, 0) is 32.4 Å². The van der Waals surface area contributed by atoms with Crippen molar-refractivity contribution in [2.24, 2.45) is 0 Å². The van der Waals surface area contributed by atoms with Crippen molar-refractivity contribution in [3.8, 4) is 0 Å². The molecule has 0 spiro atoms. The first-order valence-corrected chi connectivity index (χ1v) is 5.84. The minimum absolute atomic E-state index is 0.0892. The molecule has 0 saturated heterocycles. The lowest BCUT2D eigenvalue weighted by Gasteiger charge is -2.26. The monoisotopic (exact) mass is 259 g/mol. The smallest absolute Gasteiger partial charge is 0.254 e. The van der Waals surface area contributed by atoms with Crippen molar-refractivity contribution in [1.29, 1.82) is 0 Å². The SMILES string of the molecule is CCCN(C(=O)c1cc(F)c(F)c(F)c1)C(C)C. The molecule has 2 nitrogen and oxygen atoms in total. The third-order valence-electron chi connectivity index (χ3n) is 2.58. The number of benzene rings is 1. The Labute approximate surface area is 104 Å². The standard InChI is InChI=1S/C13H16F3NO/c1-4-5-17(8(2)3)13(18)9-6-10(14)12(16)11(15)7-9/h6-8H,4-5H2,1-3H3. The van der Waals surface area contributed by atoms with Crippen LogP contribution in [0.25, 0.3) is 0 Å². The zero-order valence-corrected chi connectivity index (χ0v) is 10.6. The third kappa shape index (κ3) is 3.03. The first-order valence-electron chi connectivity index (χ1n) is 5.84. The van der Waals surface area contributed by atoms with E-state index in [0.717, 1.165) is 18.6 Å². The second kappa shape index (κ2) is 5.89. The zero-order valence-electron chi connectivity index (χ0n) is 10.6. The summed E-state index contributed by atoms with van der Waals surface area (Å²) in [4.78, 5) is 13.6. The Hall–Kier alpha value is -1.52. The van der Waals surface area contributed by atoms with Crippen molar-refractivity contribution in [3.63, 3.8) is 0 Å². The highest BCUT2D eigenvalue weighted by molar-refractivity contribution is 5.94. The van der Waals surface area contributed by atoms with Crippen LogP contribution >= 0.6 is 0 Å². The van der Waals surface area contributed by atoms with Crippen molar-refractivity contribution in [3.05, 3.63) is 35.1 Å². The summed E-state index contributed by atoms with van der Waals surface area (Å²) < 4.78 is 38.9. The van der Waals surface area contributed by atoms with Crippen LogP contribution in [0.4, 0.5) is 13.2 Å². The largest absolute Gasteiger partial charge is 0.336 e. The average Bonchev–Trinajstić information content (AvgIpc) is 2.31. The Morgan fingerprint density at radius 1 is 1.22 bits per heavy atom. The predicted octanol–water partition coefficient (Wildman–Crippen LogP) is 3.36. The summed E-state index contributed by atoms with van der Waals surface area (Å²) in [7, 11) is 0. The summed E-state index contributed by atoms with van der Waals surface area (Å²) in [5.41, 5.74) is -0.173. The van der Waals surface area contributed by atoms with E-state index in [0.29, 0.717) is 6.54 Å². The molecule has 1 aromatic rings. The number of carbonyl (C=O) groups excluding carboxylic acids is 1. The number of nitrogens with zero attached hydrogens (tertiary/aromatic N) is 1. The first kappa shape index (κ1) is 14.5. The van der Waals surface area contributed by atoms with Crippen molar-refractivity contribution in [2.75, 3.05) is 6.54 Å². The molecule has 0 aliphatic rings.